The van der Waals surface area contributed by atoms with Gasteiger partial charge in [-0.3, -0.25) is 10.1 Å². The van der Waals surface area contributed by atoms with Crippen LogP contribution in [0.15, 0.2) is 23.1 Å². The summed E-state index contributed by atoms with van der Waals surface area (Å²) in [5.41, 5.74) is -0.388. The van der Waals surface area contributed by atoms with E-state index in [1.54, 1.807) is 0 Å². The molecule has 0 atom stereocenters. The van der Waals surface area contributed by atoms with Crippen LogP contribution in [-0.4, -0.2) is 26.1 Å². The summed E-state index contributed by atoms with van der Waals surface area (Å²) < 4.78 is 22.8. The van der Waals surface area contributed by atoms with E-state index >= 15 is 0 Å². The number of hydrogen-bond acceptors (Lipinski definition) is 5. The number of terminal acetylenes is 1. The molecular weight excluding hydrogens is 244 g/mol. The van der Waals surface area contributed by atoms with Crippen LogP contribution in [0.2, 0.25) is 0 Å². The Morgan fingerprint density at radius 1 is 1.53 bits per heavy atom. The molecule has 7 heteroatoms. The number of nitro benzene ring substituents is 1. The number of sulfone groups is 1. The molecule has 90 valence electrons. The van der Waals surface area contributed by atoms with E-state index in [2.05, 4.69) is 11.2 Å². The number of para-hydroxylation sites is 1. The molecule has 6 nitrogen and oxygen atoms in total. The Morgan fingerprint density at radius 3 is 2.65 bits per heavy atom. The number of rotatable bonds is 4. The smallest absolute Gasteiger partial charge is 0.310 e. The summed E-state index contributed by atoms with van der Waals surface area (Å²) in [6.45, 7) is 0.0774. The van der Waals surface area contributed by atoms with Gasteiger partial charge in [-0.05, 0) is 12.1 Å². The Labute approximate surface area is 98.7 Å². The van der Waals surface area contributed by atoms with Gasteiger partial charge in [0.2, 0.25) is 0 Å². The van der Waals surface area contributed by atoms with Gasteiger partial charge in [0, 0.05) is 6.26 Å². The van der Waals surface area contributed by atoms with Gasteiger partial charge in [0.05, 0.1) is 11.5 Å². The Morgan fingerprint density at radius 2 is 2.18 bits per heavy atom. The standard InChI is InChI=1S/C10H10N2O4S/c1-3-7-11-8-5-4-6-9(17(2,15)16)10(8)12(13)14/h1,4-6,11H,7H2,2H3. The molecule has 0 aliphatic heterocycles. The third-order valence-corrected chi connectivity index (χ3v) is 3.09. The lowest BCUT2D eigenvalue weighted by molar-refractivity contribution is -0.386. The normalized spacial score (nSPS) is 10.6. The maximum atomic E-state index is 11.4. The first-order valence-corrected chi connectivity index (χ1v) is 6.42. The fourth-order valence-electron chi connectivity index (χ4n) is 1.30. The van der Waals surface area contributed by atoms with Crippen LogP contribution in [0.5, 0.6) is 0 Å². The molecule has 0 aromatic heterocycles. The second-order valence-electron chi connectivity index (χ2n) is 3.24. The second-order valence-corrected chi connectivity index (χ2v) is 5.22. The van der Waals surface area contributed by atoms with Crippen LogP contribution >= 0.6 is 0 Å². The van der Waals surface area contributed by atoms with E-state index in [0.29, 0.717) is 0 Å². The zero-order valence-corrected chi connectivity index (χ0v) is 9.82. The van der Waals surface area contributed by atoms with E-state index in [-0.39, 0.29) is 17.1 Å². The van der Waals surface area contributed by atoms with Gasteiger partial charge < -0.3 is 5.32 Å². The third kappa shape index (κ3) is 2.95. The maximum absolute atomic E-state index is 11.4. The predicted molar refractivity (Wildman–Crippen MR) is 63.5 cm³/mol. The molecule has 0 unspecified atom stereocenters. The van der Waals surface area contributed by atoms with Crippen LogP contribution in [0, 0.1) is 22.5 Å². The molecule has 0 heterocycles. The SMILES string of the molecule is C#CCNc1cccc(S(C)(=O)=O)c1[N+](=O)[O-]. The molecule has 0 aliphatic carbocycles. The Balaban J connectivity index is 3.44. The average Bonchev–Trinajstić information content (AvgIpc) is 2.24. The summed E-state index contributed by atoms with van der Waals surface area (Å²) in [5.74, 6) is 2.26. The monoisotopic (exact) mass is 254 g/mol. The van der Waals surface area contributed by atoms with E-state index in [0.717, 1.165) is 6.26 Å². The molecule has 17 heavy (non-hydrogen) atoms. The van der Waals surface area contributed by atoms with Crippen molar-refractivity contribution in [1.82, 2.24) is 0 Å². The quantitative estimate of drug-likeness (QED) is 0.492. The van der Waals surface area contributed by atoms with Crippen molar-refractivity contribution in [3.05, 3.63) is 28.3 Å². The number of nitro groups is 1. The summed E-state index contributed by atoms with van der Waals surface area (Å²) in [6, 6.07) is 4.01. The van der Waals surface area contributed by atoms with Crippen LogP contribution in [0.1, 0.15) is 0 Å². The Bertz CT molecular complexity index is 587. The molecule has 0 bridgehead atoms. The molecule has 1 aromatic carbocycles. The maximum Gasteiger partial charge on any atom is 0.310 e. The first-order chi connectivity index (χ1) is 7.88. The van der Waals surface area contributed by atoms with Crippen molar-refractivity contribution in [3.8, 4) is 12.3 Å². The number of hydrogen-bond donors (Lipinski definition) is 1. The number of anilines is 1. The van der Waals surface area contributed by atoms with E-state index in [1.807, 2.05) is 0 Å². The highest BCUT2D eigenvalue weighted by Crippen LogP contribution is 2.31. The minimum atomic E-state index is -3.66. The Kier molecular flexibility index (Phi) is 3.70. The first-order valence-electron chi connectivity index (χ1n) is 4.52. The van der Waals surface area contributed by atoms with Crippen molar-refractivity contribution < 1.29 is 13.3 Å². The van der Waals surface area contributed by atoms with Crippen LogP contribution in [0.3, 0.4) is 0 Å². The minimum Gasteiger partial charge on any atom is -0.369 e. The molecule has 1 rings (SSSR count). The molecule has 0 radical (unpaired) electrons. The Hall–Kier alpha value is -2.07. The third-order valence-electron chi connectivity index (χ3n) is 1.96. The molecule has 1 aromatic rings. The lowest BCUT2D eigenvalue weighted by Crippen LogP contribution is -2.07. The van der Waals surface area contributed by atoms with Crippen molar-refractivity contribution in [2.24, 2.45) is 0 Å². The fourth-order valence-corrected chi connectivity index (χ4v) is 2.16. The fraction of sp³-hybridized carbons (Fsp3) is 0.200. The molecule has 0 spiro atoms. The van der Waals surface area contributed by atoms with Crippen LogP contribution in [-0.2, 0) is 9.84 Å². The van der Waals surface area contributed by atoms with E-state index in [1.165, 1.54) is 18.2 Å². The highest BCUT2D eigenvalue weighted by Gasteiger charge is 2.25. The van der Waals surface area contributed by atoms with Crippen molar-refractivity contribution in [2.45, 2.75) is 4.90 Å². The van der Waals surface area contributed by atoms with Crippen LogP contribution in [0.25, 0.3) is 0 Å². The molecular formula is C10H10N2O4S. The zero-order valence-electron chi connectivity index (χ0n) is 9.00. The highest BCUT2D eigenvalue weighted by molar-refractivity contribution is 7.90. The van der Waals surface area contributed by atoms with Gasteiger partial charge in [0.25, 0.3) is 0 Å². The number of nitrogens with zero attached hydrogens (tertiary/aromatic N) is 1. The van der Waals surface area contributed by atoms with Crippen molar-refractivity contribution in [1.29, 1.82) is 0 Å². The van der Waals surface area contributed by atoms with E-state index in [9.17, 15) is 18.5 Å². The zero-order chi connectivity index (χ0) is 13.1. The van der Waals surface area contributed by atoms with Gasteiger partial charge in [0.1, 0.15) is 10.6 Å². The van der Waals surface area contributed by atoms with Crippen LogP contribution in [0.4, 0.5) is 11.4 Å². The van der Waals surface area contributed by atoms with Crippen molar-refractivity contribution in [2.75, 3.05) is 18.1 Å². The van der Waals surface area contributed by atoms with Gasteiger partial charge in [-0.1, -0.05) is 12.0 Å². The molecule has 0 aliphatic rings. The topological polar surface area (TPSA) is 89.3 Å². The summed E-state index contributed by atoms with van der Waals surface area (Å²) in [7, 11) is -3.66. The van der Waals surface area contributed by atoms with Gasteiger partial charge in [-0.15, -0.1) is 6.42 Å². The van der Waals surface area contributed by atoms with Crippen LogP contribution < -0.4 is 5.32 Å². The van der Waals surface area contributed by atoms with Gasteiger partial charge in [0.15, 0.2) is 9.84 Å². The summed E-state index contributed by atoms with van der Waals surface area (Å²) in [4.78, 5) is 9.83. The lowest BCUT2D eigenvalue weighted by Gasteiger charge is -2.06. The lowest BCUT2D eigenvalue weighted by atomic mass is 10.2. The molecule has 0 fully saturated rings. The molecule has 0 saturated heterocycles. The summed E-state index contributed by atoms with van der Waals surface area (Å²) in [5, 5.41) is 13.5. The number of benzene rings is 1. The average molecular weight is 254 g/mol. The largest absolute Gasteiger partial charge is 0.369 e. The minimum absolute atomic E-state index is 0.0774. The molecule has 1 N–H and O–H groups in total. The predicted octanol–water partition coefficient (Wildman–Crippen LogP) is 1.04. The van der Waals surface area contributed by atoms with E-state index in [4.69, 9.17) is 6.42 Å². The first kappa shape index (κ1) is 13.0. The molecule has 0 saturated carbocycles. The van der Waals surface area contributed by atoms with Crippen molar-refractivity contribution in [3.63, 3.8) is 0 Å². The molecule has 0 amide bonds. The summed E-state index contributed by atoms with van der Waals surface area (Å²) in [6.07, 6.45) is 5.94. The second kappa shape index (κ2) is 4.84. The van der Waals surface area contributed by atoms with Crippen molar-refractivity contribution >= 4 is 21.2 Å². The summed E-state index contributed by atoms with van der Waals surface area (Å²) >= 11 is 0. The number of nitrogens with one attached hydrogen (secondary N) is 1. The highest BCUT2D eigenvalue weighted by atomic mass is 32.2. The van der Waals surface area contributed by atoms with Gasteiger partial charge >= 0.3 is 5.69 Å². The van der Waals surface area contributed by atoms with Gasteiger partial charge in [-0.25, -0.2) is 8.42 Å². The van der Waals surface area contributed by atoms with E-state index < -0.39 is 20.4 Å². The van der Waals surface area contributed by atoms with Gasteiger partial charge in [-0.2, -0.15) is 0 Å².